The van der Waals surface area contributed by atoms with Gasteiger partial charge in [0.15, 0.2) is 5.13 Å². The van der Waals surface area contributed by atoms with E-state index < -0.39 is 0 Å². The molecule has 7 heteroatoms. The van der Waals surface area contributed by atoms with Crippen molar-refractivity contribution in [3.05, 3.63) is 34.1 Å². The summed E-state index contributed by atoms with van der Waals surface area (Å²) in [5, 5.41) is 6.25. The third kappa shape index (κ3) is 2.65. The van der Waals surface area contributed by atoms with E-state index in [1.54, 1.807) is 11.3 Å². The third-order valence-electron chi connectivity index (χ3n) is 3.82. The Hall–Kier alpha value is -2.12. The molecule has 1 saturated heterocycles. The summed E-state index contributed by atoms with van der Waals surface area (Å²) in [6, 6.07) is 5.79. The summed E-state index contributed by atoms with van der Waals surface area (Å²) in [7, 11) is 0. The van der Waals surface area contributed by atoms with Crippen molar-refractivity contribution in [3.63, 3.8) is 0 Å². The van der Waals surface area contributed by atoms with E-state index in [0.29, 0.717) is 6.10 Å². The molecular formula is C15H16N4O2S. The second kappa shape index (κ2) is 5.58. The lowest BCUT2D eigenvalue weighted by Crippen LogP contribution is -2.18. The fraction of sp³-hybridized carbons (Fsp3) is 0.333. The minimum absolute atomic E-state index is 0.190. The van der Waals surface area contributed by atoms with E-state index >= 15 is 0 Å². The monoisotopic (exact) mass is 316 g/mol. The molecule has 22 heavy (non-hydrogen) atoms. The molecule has 0 bridgehead atoms. The Morgan fingerprint density at radius 2 is 2.27 bits per heavy atom. The van der Waals surface area contributed by atoms with Gasteiger partial charge in [0.25, 0.3) is 0 Å². The van der Waals surface area contributed by atoms with E-state index in [0.717, 1.165) is 53.4 Å². The zero-order chi connectivity index (χ0) is 14.9. The molecule has 0 saturated carbocycles. The summed E-state index contributed by atoms with van der Waals surface area (Å²) in [6.45, 7) is 1.67. The quantitative estimate of drug-likeness (QED) is 0.691. The summed E-state index contributed by atoms with van der Waals surface area (Å²) in [5.41, 5.74) is 3.31. The number of H-pyrrole nitrogens is 2. The molecule has 0 spiro atoms. The number of benzene rings is 1. The zero-order valence-electron chi connectivity index (χ0n) is 11.9. The summed E-state index contributed by atoms with van der Waals surface area (Å²) in [5.74, 6) is 0. The standard InChI is InChI=1S/C15H16N4O2S/c20-14-17-11-4-3-9(6-12(11)18-14)13-8-22-15(19-13)16-7-10-2-1-5-21-10/h3-4,6,8,10H,1-2,5,7H2,(H,16,19)(H2,17,18,20). The van der Waals surface area contributed by atoms with E-state index in [9.17, 15) is 4.79 Å². The maximum absolute atomic E-state index is 11.3. The summed E-state index contributed by atoms with van der Waals surface area (Å²) >= 11 is 1.58. The van der Waals surface area contributed by atoms with Gasteiger partial charge in [0.05, 0.1) is 22.8 Å². The van der Waals surface area contributed by atoms with Crippen LogP contribution >= 0.6 is 11.3 Å². The third-order valence-corrected chi connectivity index (χ3v) is 4.62. The number of hydrogen-bond acceptors (Lipinski definition) is 5. The zero-order valence-corrected chi connectivity index (χ0v) is 12.7. The molecule has 1 aliphatic heterocycles. The highest BCUT2D eigenvalue weighted by molar-refractivity contribution is 7.14. The van der Waals surface area contributed by atoms with Gasteiger partial charge in [-0.3, -0.25) is 0 Å². The Balaban J connectivity index is 1.52. The first-order valence-electron chi connectivity index (χ1n) is 7.31. The number of nitrogens with zero attached hydrogens (tertiary/aromatic N) is 1. The van der Waals surface area contributed by atoms with Crippen LogP contribution in [0.3, 0.4) is 0 Å². The average molecular weight is 316 g/mol. The molecule has 3 aromatic rings. The van der Waals surface area contributed by atoms with E-state index in [1.807, 2.05) is 23.6 Å². The average Bonchev–Trinajstić information content (AvgIpc) is 3.24. The Kier molecular flexibility index (Phi) is 3.44. The number of nitrogens with one attached hydrogen (secondary N) is 3. The van der Waals surface area contributed by atoms with Gasteiger partial charge in [-0.1, -0.05) is 6.07 Å². The van der Waals surface area contributed by atoms with Gasteiger partial charge in [0.2, 0.25) is 0 Å². The van der Waals surface area contributed by atoms with Crippen LogP contribution in [-0.4, -0.2) is 34.2 Å². The van der Waals surface area contributed by atoms with E-state index in [1.165, 1.54) is 0 Å². The lowest BCUT2D eigenvalue weighted by atomic mass is 10.1. The fourth-order valence-electron chi connectivity index (χ4n) is 2.69. The second-order valence-electron chi connectivity index (χ2n) is 5.39. The normalized spacial score (nSPS) is 18.1. The first-order chi connectivity index (χ1) is 10.8. The molecule has 4 rings (SSSR count). The van der Waals surface area contributed by atoms with Crippen molar-refractivity contribution < 1.29 is 4.74 Å². The molecule has 0 aliphatic carbocycles. The van der Waals surface area contributed by atoms with Crippen LogP contribution in [0.25, 0.3) is 22.3 Å². The molecule has 1 aliphatic rings. The van der Waals surface area contributed by atoms with Gasteiger partial charge in [0.1, 0.15) is 0 Å². The molecule has 6 nitrogen and oxygen atoms in total. The van der Waals surface area contributed by atoms with E-state index in [-0.39, 0.29) is 5.69 Å². The van der Waals surface area contributed by atoms with Gasteiger partial charge in [-0.05, 0) is 25.0 Å². The number of aromatic nitrogens is 3. The van der Waals surface area contributed by atoms with Crippen molar-refractivity contribution in [1.82, 2.24) is 15.0 Å². The topological polar surface area (TPSA) is 82.8 Å². The molecule has 2 aromatic heterocycles. The van der Waals surface area contributed by atoms with Crippen LogP contribution in [0.15, 0.2) is 28.4 Å². The molecule has 3 heterocycles. The summed E-state index contributed by atoms with van der Waals surface area (Å²) in [6.07, 6.45) is 2.56. The van der Waals surface area contributed by atoms with Crippen molar-refractivity contribution in [2.24, 2.45) is 0 Å². The molecule has 1 aromatic carbocycles. The highest BCUT2D eigenvalue weighted by Crippen LogP contribution is 2.26. The van der Waals surface area contributed by atoms with Gasteiger partial charge < -0.3 is 20.0 Å². The van der Waals surface area contributed by atoms with Crippen LogP contribution in [0, 0.1) is 0 Å². The lowest BCUT2D eigenvalue weighted by Gasteiger charge is -2.09. The van der Waals surface area contributed by atoms with E-state index in [4.69, 9.17) is 4.74 Å². The van der Waals surface area contributed by atoms with Crippen LogP contribution in [0.1, 0.15) is 12.8 Å². The smallest absolute Gasteiger partial charge is 0.323 e. The number of aromatic amines is 2. The fourth-order valence-corrected chi connectivity index (χ4v) is 3.42. The predicted molar refractivity (Wildman–Crippen MR) is 87.5 cm³/mol. The van der Waals surface area contributed by atoms with Crippen molar-refractivity contribution in [2.45, 2.75) is 18.9 Å². The van der Waals surface area contributed by atoms with Crippen molar-refractivity contribution in [2.75, 3.05) is 18.5 Å². The van der Waals surface area contributed by atoms with Gasteiger partial charge in [-0.25, -0.2) is 9.78 Å². The Morgan fingerprint density at radius 3 is 3.14 bits per heavy atom. The first-order valence-corrected chi connectivity index (χ1v) is 8.19. The minimum Gasteiger partial charge on any atom is -0.376 e. The largest absolute Gasteiger partial charge is 0.376 e. The predicted octanol–water partition coefficient (Wildman–Crippen LogP) is 2.57. The summed E-state index contributed by atoms with van der Waals surface area (Å²) < 4.78 is 5.59. The van der Waals surface area contributed by atoms with Gasteiger partial charge in [-0.2, -0.15) is 0 Å². The molecule has 1 unspecified atom stereocenters. The molecule has 1 fully saturated rings. The summed E-state index contributed by atoms with van der Waals surface area (Å²) in [4.78, 5) is 21.4. The van der Waals surface area contributed by atoms with Crippen LogP contribution in [0.2, 0.25) is 0 Å². The van der Waals surface area contributed by atoms with Gasteiger partial charge >= 0.3 is 5.69 Å². The molecule has 3 N–H and O–H groups in total. The highest BCUT2D eigenvalue weighted by Gasteiger charge is 2.15. The number of thiazole rings is 1. The SMILES string of the molecule is O=c1[nH]c2ccc(-c3csc(NCC4CCCO4)n3)cc2[nH]1. The lowest BCUT2D eigenvalue weighted by molar-refractivity contribution is 0.120. The molecular weight excluding hydrogens is 300 g/mol. The maximum atomic E-state index is 11.3. The van der Waals surface area contributed by atoms with Crippen LogP contribution in [0.4, 0.5) is 5.13 Å². The molecule has 1 atom stereocenters. The number of anilines is 1. The van der Waals surface area contributed by atoms with E-state index in [2.05, 4.69) is 20.3 Å². The van der Waals surface area contributed by atoms with Crippen molar-refractivity contribution >= 4 is 27.5 Å². The molecule has 0 radical (unpaired) electrons. The first kappa shape index (κ1) is 13.5. The minimum atomic E-state index is -0.190. The van der Waals surface area contributed by atoms with Crippen molar-refractivity contribution in [3.8, 4) is 11.3 Å². The van der Waals surface area contributed by atoms with Crippen molar-refractivity contribution in [1.29, 1.82) is 0 Å². The van der Waals surface area contributed by atoms with Crippen LogP contribution in [-0.2, 0) is 4.74 Å². The number of ether oxygens (including phenoxy) is 1. The maximum Gasteiger partial charge on any atom is 0.323 e. The van der Waals surface area contributed by atoms with Crippen LogP contribution in [0.5, 0.6) is 0 Å². The Bertz CT molecular complexity index is 844. The molecule has 0 amide bonds. The van der Waals surface area contributed by atoms with Gasteiger partial charge in [0, 0.05) is 24.1 Å². The Morgan fingerprint density at radius 1 is 1.36 bits per heavy atom. The molecule has 114 valence electrons. The number of imidazole rings is 1. The number of rotatable bonds is 4. The Labute approximate surface area is 130 Å². The second-order valence-corrected chi connectivity index (χ2v) is 6.25. The van der Waals surface area contributed by atoms with Gasteiger partial charge in [-0.15, -0.1) is 11.3 Å². The number of fused-ring (bicyclic) bond motifs is 1. The highest BCUT2D eigenvalue weighted by atomic mass is 32.1. The van der Waals surface area contributed by atoms with Crippen LogP contribution < -0.4 is 11.0 Å². The number of hydrogen-bond donors (Lipinski definition) is 3.